The number of likely N-dealkylation sites (N-methyl/N-ethyl adjacent to an activating group) is 1. The van der Waals surface area contributed by atoms with Crippen molar-refractivity contribution in [2.45, 2.75) is 19.9 Å². The Hall–Kier alpha value is -3.70. The molecule has 1 amide bonds. The molecule has 0 radical (unpaired) electrons. The van der Waals surface area contributed by atoms with E-state index in [-0.39, 0.29) is 5.91 Å². The molecule has 1 saturated heterocycles. The maximum atomic E-state index is 13.4. The van der Waals surface area contributed by atoms with Gasteiger partial charge in [0.05, 0.1) is 11.2 Å². The van der Waals surface area contributed by atoms with Gasteiger partial charge < -0.3 is 9.47 Å². The lowest BCUT2D eigenvalue weighted by Gasteiger charge is -2.16. The first-order valence-corrected chi connectivity index (χ1v) is 11.5. The van der Waals surface area contributed by atoms with Gasteiger partial charge in [-0.05, 0) is 48.0 Å². The van der Waals surface area contributed by atoms with Gasteiger partial charge in [-0.25, -0.2) is 0 Å². The van der Waals surface area contributed by atoms with E-state index in [0.29, 0.717) is 10.8 Å². The molecule has 164 valence electrons. The van der Waals surface area contributed by atoms with Crippen molar-refractivity contribution in [3.63, 3.8) is 0 Å². The lowest BCUT2D eigenvalue weighted by atomic mass is 10.1. The van der Waals surface area contributed by atoms with Crippen molar-refractivity contribution in [3.8, 4) is 0 Å². The van der Waals surface area contributed by atoms with Gasteiger partial charge in [-0.3, -0.25) is 9.69 Å². The van der Waals surface area contributed by atoms with Crippen LogP contribution in [0.25, 0.3) is 17.0 Å². The van der Waals surface area contributed by atoms with Gasteiger partial charge in [0.2, 0.25) is 0 Å². The first kappa shape index (κ1) is 21.2. The highest BCUT2D eigenvalue weighted by molar-refractivity contribution is 7.80. The molecule has 0 saturated carbocycles. The maximum Gasteiger partial charge on any atom is 0.281 e. The number of hydrogen-bond donors (Lipinski definition) is 0. The Labute approximate surface area is 199 Å². The molecule has 1 aliphatic rings. The third-order valence-corrected chi connectivity index (χ3v) is 6.61. The smallest absolute Gasteiger partial charge is 0.281 e. The van der Waals surface area contributed by atoms with Crippen molar-refractivity contribution in [2.75, 3.05) is 11.9 Å². The van der Waals surface area contributed by atoms with Crippen LogP contribution in [-0.4, -0.2) is 27.5 Å². The van der Waals surface area contributed by atoms with Crippen molar-refractivity contribution >= 4 is 45.9 Å². The van der Waals surface area contributed by atoms with E-state index in [0.717, 1.165) is 29.6 Å². The third kappa shape index (κ3) is 3.74. The summed E-state index contributed by atoms with van der Waals surface area (Å²) in [6.45, 7) is 2.95. The minimum atomic E-state index is -0.107. The van der Waals surface area contributed by atoms with Crippen LogP contribution in [0.3, 0.4) is 0 Å². The molecule has 0 bridgehead atoms. The number of aromatic nitrogens is 1. The Morgan fingerprint density at radius 3 is 2.30 bits per heavy atom. The van der Waals surface area contributed by atoms with Crippen LogP contribution >= 0.6 is 12.2 Å². The molecule has 0 aliphatic carbocycles. The SMILES string of the molecule is CCc1cccc2c(/C=C3/C(=O)N(c4ccccc4)C(=S)N3C)cn(Cc3ccccc3)c12. The minimum absolute atomic E-state index is 0.107. The quantitative estimate of drug-likeness (QED) is 0.281. The average molecular weight is 452 g/mol. The number of hydrogen-bond acceptors (Lipinski definition) is 2. The van der Waals surface area contributed by atoms with Crippen LogP contribution in [-0.2, 0) is 17.8 Å². The number of anilines is 1. The molecule has 4 nitrogen and oxygen atoms in total. The highest BCUT2D eigenvalue weighted by atomic mass is 32.1. The Bertz CT molecular complexity index is 1370. The average Bonchev–Trinajstić information content (AvgIpc) is 3.30. The molecule has 2 heterocycles. The van der Waals surface area contributed by atoms with Gasteiger partial charge in [-0.15, -0.1) is 0 Å². The number of aryl methyl sites for hydroxylation is 1. The maximum absolute atomic E-state index is 13.4. The third-order valence-electron chi connectivity index (χ3n) is 6.16. The lowest BCUT2D eigenvalue weighted by molar-refractivity contribution is -0.114. The number of fused-ring (bicyclic) bond motifs is 1. The van der Waals surface area contributed by atoms with Crippen LogP contribution in [0.1, 0.15) is 23.6 Å². The monoisotopic (exact) mass is 451 g/mol. The van der Waals surface area contributed by atoms with Crippen LogP contribution < -0.4 is 4.90 Å². The van der Waals surface area contributed by atoms with Gasteiger partial charge in [-0.1, -0.05) is 73.7 Å². The molecule has 0 spiro atoms. The van der Waals surface area contributed by atoms with Crippen molar-refractivity contribution in [1.29, 1.82) is 0 Å². The summed E-state index contributed by atoms with van der Waals surface area (Å²) in [7, 11) is 1.86. The summed E-state index contributed by atoms with van der Waals surface area (Å²) in [6.07, 6.45) is 5.07. The molecule has 0 unspecified atom stereocenters. The van der Waals surface area contributed by atoms with E-state index in [1.165, 1.54) is 16.6 Å². The lowest BCUT2D eigenvalue weighted by Crippen LogP contribution is -2.30. The number of carbonyl (C=O) groups excluding carboxylic acids is 1. The Kier molecular flexibility index (Phi) is 5.56. The van der Waals surface area contributed by atoms with E-state index in [1.807, 2.05) is 49.5 Å². The van der Waals surface area contributed by atoms with Gasteiger partial charge in [0.1, 0.15) is 5.70 Å². The standard InChI is InChI=1S/C28H25N3OS/c1-3-21-13-10-16-24-22(19-30(26(21)24)18-20-11-6-4-7-12-20)17-25-27(32)31(28(33)29(25)2)23-14-8-5-9-15-23/h4-17,19H,3,18H2,1-2H3/b25-17-. The summed E-state index contributed by atoms with van der Waals surface area (Å²) in [5.74, 6) is -0.107. The van der Waals surface area contributed by atoms with Gasteiger partial charge in [0.15, 0.2) is 5.11 Å². The largest absolute Gasteiger partial charge is 0.342 e. The summed E-state index contributed by atoms with van der Waals surface area (Å²) in [6, 6.07) is 26.4. The topological polar surface area (TPSA) is 28.5 Å². The Morgan fingerprint density at radius 1 is 0.909 bits per heavy atom. The second-order valence-electron chi connectivity index (χ2n) is 8.21. The zero-order valence-electron chi connectivity index (χ0n) is 18.7. The number of rotatable bonds is 5. The fraction of sp³-hybridized carbons (Fsp3) is 0.143. The second-order valence-corrected chi connectivity index (χ2v) is 8.58. The molecule has 1 aliphatic heterocycles. The van der Waals surface area contributed by atoms with Gasteiger partial charge >= 0.3 is 0 Å². The number of benzene rings is 3. The Balaban J connectivity index is 1.62. The van der Waals surface area contributed by atoms with Crippen molar-refractivity contribution in [2.24, 2.45) is 0 Å². The predicted molar refractivity (Wildman–Crippen MR) is 139 cm³/mol. The number of nitrogens with zero attached hydrogens (tertiary/aromatic N) is 3. The molecule has 33 heavy (non-hydrogen) atoms. The van der Waals surface area contributed by atoms with E-state index >= 15 is 0 Å². The highest BCUT2D eigenvalue weighted by Gasteiger charge is 2.36. The van der Waals surface area contributed by atoms with Crippen molar-refractivity contribution in [3.05, 3.63) is 107 Å². The van der Waals surface area contributed by atoms with Crippen molar-refractivity contribution < 1.29 is 4.79 Å². The van der Waals surface area contributed by atoms with E-state index < -0.39 is 0 Å². The highest BCUT2D eigenvalue weighted by Crippen LogP contribution is 2.32. The van der Waals surface area contributed by atoms with Crippen LogP contribution in [0.5, 0.6) is 0 Å². The predicted octanol–water partition coefficient (Wildman–Crippen LogP) is 5.86. The Morgan fingerprint density at radius 2 is 1.61 bits per heavy atom. The number of para-hydroxylation sites is 2. The zero-order valence-corrected chi connectivity index (χ0v) is 19.5. The van der Waals surface area contributed by atoms with E-state index in [1.54, 1.807) is 9.80 Å². The first-order chi connectivity index (χ1) is 16.1. The number of amides is 1. The van der Waals surface area contributed by atoms with Crippen LogP contribution in [0.15, 0.2) is 90.8 Å². The summed E-state index contributed by atoms with van der Waals surface area (Å²) in [5.41, 5.74) is 6.12. The molecule has 3 aromatic carbocycles. The molecule has 1 aromatic heterocycles. The van der Waals surface area contributed by atoms with E-state index in [4.69, 9.17) is 12.2 Å². The zero-order chi connectivity index (χ0) is 22.9. The molecule has 1 fully saturated rings. The summed E-state index contributed by atoms with van der Waals surface area (Å²) in [5, 5.41) is 1.63. The molecule has 0 atom stereocenters. The normalized spacial score (nSPS) is 15.3. The summed E-state index contributed by atoms with van der Waals surface area (Å²) < 4.78 is 2.29. The molecule has 0 N–H and O–H groups in total. The fourth-order valence-electron chi connectivity index (χ4n) is 4.48. The minimum Gasteiger partial charge on any atom is -0.342 e. The molecular formula is C28H25N3OS. The fourth-order valence-corrected chi connectivity index (χ4v) is 4.77. The van der Waals surface area contributed by atoms with Crippen LogP contribution in [0.2, 0.25) is 0 Å². The van der Waals surface area contributed by atoms with Crippen LogP contribution in [0.4, 0.5) is 5.69 Å². The molecular weight excluding hydrogens is 426 g/mol. The van der Waals surface area contributed by atoms with E-state index in [9.17, 15) is 4.79 Å². The molecule has 5 rings (SSSR count). The van der Waals surface area contributed by atoms with Crippen LogP contribution in [0, 0.1) is 0 Å². The number of carbonyl (C=O) groups is 1. The molecule has 4 aromatic rings. The summed E-state index contributed by atoms with van der Waals surface area (Å²) >= 11 is 5.63. The van der Waals surface area contributed by atoms with Gasteiger partial charge in [-0.2, -0.15) is 0 Å². The van der Waals surface area contributed by atoms with E-state index in [2.05, 4.69) is 60.2 Å². The number of thiocarbonyl (C=S) groups is 1. The first-order valence-electron chi connectivity index (χ1n) is 11.1. The second kappa shape index (κ2) is 8.68. The van der Waals surface area contributed by atoms with Gasteiger partial charge in [0.25, 0.3) is 5.91 Å². The molecule has 5 heteroatoms. The summed E-state index contributed by atoms with van der Waals surface area (Å²) in [4.78, 5) is 16.8. The van der Waals surface area contributed by atoms with Crippen molar-refractivity contribution in [1.82, 2.24) is 9.47 Å². The van der Waals surface area contributed by atoms with Gasteiger partial charge in [0, 0.05) is 30.7 Å².